The second-order valence-electron chi connectivity index (χ2n) is 9.14. The smallest absolute Gasteiger partial charge is 0.253 e. The van der Waals surface area contributed by atoms with E-state index in [9.17, 15) is 24.3 Å². The standard InChI is InChI=1S/C23H34N4O6/c1-12(2)9-17(27-23(32)19-18(33-19)22(31)25-11-13(3)4)21(30)26-16(20(24)29)10-14-5-7-15(28)8-6-14/h5-8,12-13,16-19,28H,9-11H2,1-4H3,(H2,24,29)(H,25,31)(H,26,30)(H,27,32)/t16-,17-,18?,19?/m0/s1. The van der Waals surface area contributed by atoms with E-state index in [0.29, 0.717) is 18.5 Å². The van der Waals surface area contributed by atoms with Crippen LogP contribution in [0.25, 0.3) is 0 Å². The number of hydrogen-bond acceptors (Lipinski definition) is 6. The van der Waals surface area contributed by atoms with Crippen LogP contribution in [0.15, 0.2) is 24.3 Å². The molecule has 1 heterocycles. The third kappa shape index (κ3) is 8.38. The number of carbonyl (C=O) groups excluding carboxylic acids is 4. The van der Waals surface area contributed by atoms with Crippen LogP contribution in [-0.2, 0) is 30.3 Å². The number of primary amides is 1. The fourth-order valence-electron chi connectivity index (χ4n) is 3.24. The number of carbonyl (C=O) groups is 4. The summed E-state index contributed by atoms with van der Waals surface area (Å²) in [6.45, 7) is 8.16. The first kappa shape index (κ1) is 26.1. The fourth-order valence-corrected chi connectivity index (χ4v) is 3.24. The SMILES string of the molecule is CC(C)CNC(=O)C1OC1C(=O)N[C@@H](CC(C)C)C(=O)N[C@@H](Cc1ccc(O)cc1)C(N)=O. The molecule has 2 rings (SSSR count). The zero-order valence-electron chi connectivity index (χ0n) is 19.5. The number of rotatable bonds is 12. The van der Waals surface area contributed by atoms with Crippen LogP contribution >= 0.6 is 0 Å². The molecule has 0 aliphatic carbocycles. The number of phenols is 1. The van der Waals surface area contributed by atoms with Gasteiger partial charge in [-0.15, -0.1) is 0 Å². The van der Waals surface area contributed by atoms with Gasteiger partial charge in [0.2, 0.25) is 11.8 Å². The Bertz CT molecular complexity index is 855. The number of benzene rings is 1. The molecular weight excluding hydrogens is 428 g/mol. The zero-order valence-corrected chi connectivity index (χ0v) is 19.5. The Hall–Kier alpha value is -3.14. The number of epoxide rings is 1. The summed E-state index contributed by atoms with van der Waals surface area (Å²) in [5.41, 5.74) is 6.17. The Balaban J connectivity index is 1.99. The first-order valence-corrected chi connectivity index (χ1v) is 11.1. The van der Waals surface area contributed by atoms with E-state index in [0.717, 1.165) is 0 Å². The molecule has 1 aliphatic heterocycles. The van der Waals surface area contributed by atoms with E-state index in [1.165, 1.54) is 12.1 Å². The molecule has 1 fully saturated rings. The lowest BCUT2D eigenvalue weighted by Crippen LogP contribution is -2.54. The maximum Gasteiger partial charge on any atom is 0.253 e. The van der Waals surface area contributed by atoms with Crippen LogP contribution in [0.5, 0.6) is 5.75 Å². The number of phenolic OH excluding ortho intramolecular Hbond substituents is 1. The summed E-state index contributed by atoms with van der Waals surface area (Å²) in [6.07, 6.45) is -1.38. The van der Waals surface area contributed by atoms with Crippen molar-refractivity contribution in [1.29, 1.82) is 0 Å². The number of ether oxygens (including phenoxy) is 1. The number of nitrogens with one attached hydrogen (secondary N) is 3. The molecule has 1 aliphatic rings. The largest absolute Gasteiger partial charge is 0.508 e. The highest BCUT2D eigenvalue weighted by molar-refractivity contribution is 5.97. The zero-order chi connectivity index (χ0) is 24.7. The van der Waals surface area contributed by atoms with Crippen molar-refractivity contribution in [3.63, 3.8) is 0 Å². The normalized spacial score (nSPS) is 19.0. The van der Waals surface area contributed by atoms with E-state index in [4.69, 9.17) is 10.5 Å². The molecular formula is C23H34N4O6. The Morgan fingerprint density at radius 1 is 0.939 bits per heavy atom. The molecule has 10 nitrogen and oxygen atoms in total. The predicted molar refractivity (Wildman–Crippen MR) is 121 cm³/mol. The van der Waals surface area contributed by atoms with Crippen molar-refractivity contribution in [3.05, 3.63) is 29.8 Å². The molecule has 0 spiro atoms. The molecule has 1 saturated heterocycles. The molecule has 0 radical (unpaired) electrons. The Morgan fingerprint density at radius 2 is 1.55 bits per heavy atom. The van der Waals surface area contributed by atoms with Gasteiger partial charge in [0, 0.05) is 13.0 Å². The fraction of sp³-hybridized carbons (Fsp3) is 0.565. The summed E-state index contributed by atoms with van der Waals surface area (Å²) in [7, 11) is 0. The number of nitrogens with two attached hydrogens (primary N) is 1. The number of aromatic hydroxyl groups is 1. The van der Waals surface area contributed by atoms with Crippen LogP contribution in [0.2, 0.25) is 0 Å². The van der Waals surface area contributed by atoms with Crippen LogP contribution in [0.4, 0.5) is 0 Å². The molecule has 0 saturated carbocycles. The highest BCUT2D eigenvalue weighted by Gasteiger charge is 2.51. The van der Waals surface area contributed by atoms with Crippen molar-refractivity contribution < 1.29 is 29.0 Å². The van der Waals surface area contributed by atoms with E-state index in [-0.39, 0.29) is 29.9 Å². The van der Waals surface area contributed by atoms with Gasteiger partial charge in [-0.1, -0.05) is 39.8 Å². The summed E-state index contributed by atoms with van der Waals surface area (Å²) in [5.74, 6) is -1.79. The lowest BCUT2D eigenvalue weighted by Gasteiger charge is -2.23. The van der Waals surface area contributed by atoms with E-state index in [1.54, 1.807) is 12.1 Å². The van der Waals surface area contributed by atoms with Gasteiger partial charge in [0.25, 0.3) is 11.8 Å². The van der Waals surface area contributed by atoms with E-state index < -0.39 is 42.0 Å². The van der Waals surface area contributed by atoms with E-state index >= 15 is 0 Å². The van der Waals surface area contributed by atoms with Gasteiger partial charge in [0.1, 0.15) is 17.8 Å². The Kier molecular flexibility index (Phi) is 9.22. The first-order valence-electron chi connectivity index (χ1n) is 11.1. The summed E-state index contributed by atoms with van der Waals surface area (Å²) in [6, 6.07) is 4.27. The molecule has 1 aromatic carbocycles. The van der Waals surface area contributed by atoms with Crippen LogP contribution < -0.4 is 21.7 Å². The maximum absolute atomic E-state index is 12.9. The second-order valence-corrected chi connectivity index (χ2v) is 9.14. The third-order valence-electron chi connectivity index (χ3n) is 5.07. The van der Waals surface area contributed by atoms with Gasteiger partial charge >= 0.3 is 0 Å². The molecule has 6 N–H and O–H groups in total. The lowest BCUT2D eigenvalue weighted by molar-refractivity contribution is -0.132. The summed E-state index contributed by atoms with van der Waals surface area (Å²) in [4.78, 5) is 49.5. The van der Waals surface area contributed by atoms with Crippen molar-refractivity contribution in [2.75, 3.05) is 6.54 Å². The van der Waals surface area contributed by atoms with Crippen molar-refractivity contribution in [3.8, 4) is 5.75 Å². The number of amides is 4. The highest BCUT2D eigenvalue weighted by atomic mass is 16.6. The minimum atomic E-state index is -1.000. The van der Waals surface area contributed by atoms with Gasteiger partial charge < -0.3 is 31.5 Å². The van der Waals surface area contributed by atoms with Crippen LogP contribution in [0.3, 0.4) is 0 Å². The molecule has 4 atom stereocenters. The summed E-state index contributed by atoms with van der Waals surface area (Å²) in [5, 5.41) is 17.4. The Morgan fingerprint density at radius 3 is 2.09 bits per heavy atom. The highest BCUT2D eigenvalue weighted by Crippen LogP contribution is 2.23. The molecule has 2 unspecified atom stereocenters. The van der Waals surface area contributed by atoms with Crippen molar-refractivity contribution in [1.82, 2.24) is 16.0 Å². The number of hydrogen-bond donors (Lipinski definition) is 5. The topological polar surface area (TPSA) is 163 Å². The lowest BCUT2D eigenvalue weighted by atomic mass is 10.0. The van der Waals surface area contributed by atoms with Gasteiger partial charge in [-0.2, -0.15) is 0 Å². The third-order valence-corrected chi connectivity index (χ3v) is 5.07. The van der Waals surface area contributed by atoms with Crippen molar-refractivity contribution in [2.24, 2.45) is 17.6 Å². The van der Waals surface area contributed by atoms with Gasteiger partial charge in [-0.3, -0.25) is 19.2 Å². The van der Waals surface area contributed by atoms with Gasteiger partial charge in [-0.25, -0.2) is 0 Å². The van der Waals surface area contributed by atoms with Crippen LogP contribution in [0.1, 0.15) is 39.7 Å². The molecule has 0 bridgehead atoms. The van der Waals surface area contributed by atoms with Crippen LogP contribution in [0, 0.1) is 11.8 Å². The predicted octanol–water partition coefficient (Wildman–Crippen LogP) is -0.0247. The summed E-state index contributed by atoms with van der Waals surface area (Å²) >= 11 is 0. The molecule has 182 valence electrons. The molecule has 4 amide bonds. The molecule has 0 aromatic heterocycles. The maximum atomic E-state index is 12.9. The molecule has 33 heavy (non-hydrogen) atoms. The average Bonchev–Trinajstić information content (AvgIpc) is 3.53. The second kappa shape index (κ2) is 11.6. The van der Waals surface area contributed by atoms with E-state index in [1.807, 2.05) is 27.7 Å². The van der Waals surface area contributed by atoms with Gasteiger partial charge in [0.15, 0.2) is 12.2 Å². The van der Waals surface area contributed by atoms with Gasteiger partial charge in [0.05, 0.1) is 0 Å². The monoisotopic (exact) mass is 462 g/mol. The molecule has 10 heteroatoms. The van der Waals surface area contributed by atoms with Crippen LogP contribution in [-0.4, -0.2) is 59.6 Å². The molecule has 1 aromatic rings. The summed E-state index contributed by atoms with van der Waals surface area (Å²) < 4.78 is 5.22. The van der Waals surface area contributed by atoms with E-state index in [2.05, 4.69) is 16.0 Å². The minimum Gasteiger partial charge on any atom is -0.508 e. The minimum absolute atomic E-state index is 0.0652. The quantitative estimate of drug-likeness (QED) is 0.274. The van der Waals surface area contributed by atoms with Crippen molar-refractivity contribution >= 4 is 23.6 Å². The first-order chi connectivity index (χ1) is 15.5. The van der Waals surface area contributed by atoms with Crippen molar-refractivity contribution in [2.45, 2.75) is 64.8 Å². The van der Waals surface area contributed by atoms with Gasteiger partial charge in [-0.05, 0) is 36.0 Å². The Labute approximate surface area is 193 Å². The average molecular weight is 463 g/mol.